The van der Waals surface area contributed by atoms with Crippen molar-refractivity contribution < 1.29 is 29.4 Å². The molecule has 3 amide bonds. The highest BCUT2D eigenvalue weighted by atomic mass is 32.2. The molecule has 0 aromatic heterocycles. The third-order valence-corrected chi connectivity index (χ3v) is 10.9. The number of carboxylic acids is 1. The first-order valence-corrected chi connectivity index (χ1v) is 16.4. The van der Waals surface area contributed by atoms with Crippen molar-refractivity contribution in [2.75, 3.05) is 17.3 Å². The van der Waals surface area contributed by atoms with E-state index in [9.17, 15) is 29.4 Å². The standard InChI is InChI=1S/C31H40N4O6S2/c1-17-11-21(36)12-18(2)22(17)13-23(32)26(37)33-24-16-42-9-10-43-30(3,4)25(28(39)40)34-29(41)31(35-27(24)38)14-19-7-5-6-8-20(19)15-31/h5-8,11-12,23-25,36H,9-10,13-16,32H2,1-4H3,(H,33,37)(H,34,41)(H,35,38)(H,39,40)/t23-,24?,25-/m0/s1. The van der Waals surface area contributed by atoms with E-state index in [0.29, 0.717) is 11.5 Å². The van der Waals surface area contributed by atoms with E-state index in [1.807, 2.05) is 38.1 Å². The van der Waals surface area contributed by atoms with Gasteiger partial charge in [-0.25, -0.2) is 4.79 Å². The summed E-state index contributed by atoms with van der Waals surface area (Å²) in [6.07, 6.45) is 0.593. The van der Waals surface area contributed by atoms with Crippen LogP contribution in [-0.2, 0) is 38.4 Å². The Hall–Kier alpha value is -3.22. The van der Waals surface area contributed by atoms with Gasteiger partial charge in [-0.2, -0.15) is 23.5 Å². The third kappa shape index (κ3) is 7.47. The lowest BCUT2D eigenvalue weighted by Gasteiger charge is -2.36. The fourth-order valence-corrected chi connectivity index (χ4v) is 8.06. The number of carbonyl (C=O) groups is 4. The molecule has 1 unspecified atom stereocenters. The molecule has 1 aliphatic heterocycles. The maximum absolute atomic E-state index is 14.0. The van der Waals surface area contributed by atoms with Crippen LogP contribution in [0.1, 0.15) is 41.7 Å². The SMILES string of the molecule is Cc1cc(O)cc(C)c1C[C@H](N)C(=O)NC1CSCCSC(C)(C)[C@H](C(=O)O)NC(=O)C2(Cc3ccccc3C2)NC1=O. The van der Waals surface area contributed by atoms with E-state index < -0.39 is 52.1 Å². The van der Waals surface area contributed by atoms with E-state index in [-0.39, 0.29) is 30.8 Å². The number of hydrogen-bond donors (Lipinski definition) is 6. The number of aryl methyl sites for hydroxylation is 2. The van der Waals surface area contributed by atoms with Crippen molar-refractivity contribution in [3.8, 4) is 5.75 Å². The second kappa shape index (κ2) is 13.2. The highest BCUT2D eigenvalue weighted by molar-refractivity contribution is 8.03. The smallest absolute Gasteiger partial charge is 0.327 e. The number of phenols is 1. The van der Waals surface area contributed by atoms with Crippen molar-refractivity contribution in [1.82, 2.24) is 16.0 Å². The number of rotatable bonds is 5. The Morgan fingerprint density at radius 2 is 1.70 bits per heavy atom. The summed E-state index contributed by atoms with van der Waals surface area (Å²) in [7, 11) is 0. The zero-order chi connectivity index (χ0) is 31.5. The largest absolute Gasteiger partial charge is 0.508 e. The van der Waals surface area contributed by atoms with Crippen molar-refractivity contribution in [2.45, 2.75) is 75.4 Å². The number of phenolic OH excluding ortho intramolecular Hbond substituents is 1. The van der Waals surface area contributed by atoms with Crippen LogP contribution in [0.4, 0.5) is 0 Å². The van der Waals surface area contributed by atoms with Gasteiger partial charge in [0.15, 0.2) is 0 Å². The average Bonchev–Trinajstić information content (AvgIpc) is 3.30. The fraction of sp³-hybridized carbons (Fsp3) is 0.484. The van der Waals surface area contributed by atoms with E-state index in [2.05, 4.69) is 16.0 Å². The van der Waals surface area contributed by atoms with Crippen LogP contribution in [0.5, 0.6) is 5.75 Å². The zero-order valence-corrected chi connectivity index (χ0v) is 26.5. The van der Waals surface area contributed by atoms with E-state index in [0.717, 1.165) is 27.8 Å². The molecule has 1 fully saturated rings. The molecule has 1 spiro atoms. The Labute approximate surface area is 260 Å². The summed E-state index contributed by atoms with van der Waals surface area (Å²) in [5.41, 5.74) is 9.13. The van der Waals surface area contributed by atoms with Crippen LogP contribution < -0.4 is 21.7 Å². The molecule has 0 bridgehead atoms. The second-order valence-electron chi connectivity index (χ2n) is 11.9. The molecule has 0 saturated carbocycles. The molecule has 1 heterocycles. The molecule has 2 aromatic carbocycles. The maximum atomic E-state index is 14.0. The molecule has 3 atom stereocenters. The zero-order valence-electron chi connectivity index (χ0n) is 24.9. The van der Waals surface area contributed by atoms with Gasteiger partial charge in [0.2, 0.25) is 17.7 Å². The number of benzene rings is 2. The molecule has 2 aliphatic rings. The van der Waals surface area contributed by atoms with Crippen molar-refractivity contribution in [3.05, 3.63) is 64.2 Å². The van der Waals surface area contributed by atoms with Crippen LogP contribution in [0, 0.1) is 13.8 Å². The van der Waals surface area contributed by atoms with Crippen molar-refractivity contribution in [1.29, 1.82) is 0 Å². The number of amides is 3. The summed E-state index contributed by atoms with van der Waals surface area (Å²) in [5.74, 6) is -1.21. The number of aliphatic carboxylic acids is 1. The van der Waals surface area contributed by atoms with Gasteiger partial charge < -0.3 is 31.9 Å². The normalized spacial score (nSPS) is 22.6. The first-order chi connectivity index (χ1) is 20.2. The van der Waals surface area contributed by atoms with Crippen LogP contribution >= 0.6 is 23.5 Å². The highest BCUT2D eigenvalue weighted by Gasteiger charge is 2.49. The van der Waals surface area contributed by atoms with Gasteiger partial charge in [0.1, 0.15) is 23.4 Å². The van der Waals surface area contributed by atoms with Gasteiger partial charge in [-0.05, 0) is 74.1 Å². The Balaban J connectivity index is 1.60. The number of aromatic hydroxyl groups is 1. The average molecular weight is 629 g/mol. The molecule has 4 rings (SSSR count). The molecule has 232 valence electrons. The third-order valence-electron chi connectivity index (χ3n) is 8.18. The quantitative estimate of drug-likeness (QED) is 0.289. The topological polar surface area (TPSA) is 171 Å². The summed E-state index contributed by atoms with van der Waals surface area (Å²) < 4.78 is -0.822. The monoisotopic (exact) mass is 628 g/mol. The van der Waals surface area contributed by atoms with Gasteiger partial charge in [0, 0.05) is 34.8 Å². The van der Waals surface area contributed by atoms with Crippen LogP contribution in [-0.4, -0.2) is 79.6 Å². The molecule has 1 saturated heterocycles. The van der Waals surface area contributed by atoms with Gasteiger partial charge >= 0.3 is 5.97 Å². The number of nitrogens with one attached hydrogen (secondary N) is 3. The summed E-state index contributed by atoms with van der Waals surface area (Å²) >= 11 is 2.90. The molecule has 2 aromatic rings. The van der Waals surface area contributed by atoms with Gasteiger partial charge in [0.05, 0.1) is 6.04 Å². The van der Waals surface area contributed by atoms with E-state index in [1.165, 1.54) is 23.5 Å². The number of thioether (sulfide) groups is 2. The van der Waals surface area contributed by atoms with Crippen LogP contribution in [0.2, 0.25) is 0 Å². The Bertz CT molecular complexity index is 1370. The minimum Gasteiger partial charge on any atom is -0.508 e. The van der Waals surface area contributed by atoms with Crippen LogP contribution in [0.3, 0.4) is 0 Å². The molecular formula is C31H40N4O6S2. The Morgan fingerprint density at radius 1 is 1.09 bits per heavy atom. The van der Waals surface area contributed by atoms with Crippen LogP contribution in [0.25, 0.3) is 0 Å². The van der Waals surface area contributed by atoms with Gasteiger partial charge in [-0.1, -0.05) is 24.3 Å². The number of carbonyl (C=O) groups excluding carboxylic acids is 3. The number of carboxylic acid groups (broad SMARTS) is 1. The molecule has 12 heteroatoms. The van der Waals surface area contributed by atoms with E-state index >= 15 is 0 Å². The lowest BCUT2D eigenvalue weighted by molar-refractivity contribution is -0.144. The fourth-order valence-electron chi connectivity index (χ4n) is 5.76. The van der Waals surface area contributed by atoms with E-state index in [1.54, 1.807) is 26.0 Å². The number of fused-ring (bicyclic) bond motifs is 1. The van der Waals surface area contributed by atoms with Gasteiger partial charge in [0.25, 0.3) is 0 Å². The predicted molar refractivity (Wildman–Crippen MR) is 169 cm³/mol. The summed E-state index contributed by atoms with van der Waals surface area (Å²) in [4.78, 5) is 53.5. The maximum Gasteiger partial charge on any atom is 0.327 e. The molecule has 0 radical (unpaired) electrons. The van der Waals surface area contributed by atoms with Crippen molar-refractivity contribution in [3.63, 3.8) is 0 Å². The highest BCUT2D eigenvalue weighted by Crippen LogP contribution is 2.34. The Kier molecular flexibility index (Phi) is 10.0. The van der Waals surface area contributed by atoms with Crippen molar-refractivity contribution >= 4 is 47.2 Å². The van der Waals surface area contributed by atoms with Gasteiger partial charge in [-0.15, -0.1) is 0 Å². The van der Waals surface area contributed by atoms with Gasteiger partial charge in [-0.3, -0.25) is 14.4 Å². The molecule has 10 nitrogen and oxygen atoms in total. The number of nitrogens with two attached hydrogens (primary N) is 1. The van der Waals surface area contributed by atoms with Crippen LogP contribution in [0.15, 0.2) is 36.4 Å². The molecule has 7 N–H and O–H groups in total. The molecule has 1 aliphatic carbocycles. The minimum absolute atomic E-state index is 0.137. The first kappa shape index (κ1) is 32.7. The molecular weight excluding hydrogens is 588 g/mol. The Morgan fingerprint density at radius 3 is 2.28 bits per heavy atom. The summed E-state index contributed by atoms with van der Waals surface area (Å²) in [5, 5.41) is 28.4. The van der Waals surface area contributed by atoms with Crippen molar-refractivity contribution in [2.24, 2.45) is 5.73 Å². The second-order valence-corrected chi connectivity index (χ2v) is 14.8. The lowest BCUT2D eigenvalue weighted by atomic mass is 9.92. The minimum atomic E-state index is -1.43. The summed E-state index contributed by atoms with van der Waals surface area (Å²) in [6, 6.07) is 7.61. The predicted octanol–water partition coefficient (Wildman–Crippen LogP) is 1.85. The van der Waals surface area contributed by atoms with E-state index in [4.69, 9.17) is 5.73 Å². The first-order valence-electron chi connectivity index (χ1n) is 14.2. The lowest BCUT2D eigenvalue weighted by Crippen LogP contribution is -2.66. The number of hydrogen-bond acceptors (Lipinski definition) is 8. The molecule has 43 heavy (non-hydrogen) atoms. The summed E-state index contributed by atoms with van der Waals surface area (Å²) in [6.45, 7) is 7.25.